The highest BCUT2D eigenvalue weighted by Gasteiger charge is 2.47. The standard InChI is InChI=1S/C17H22O.3C2H6/c1-11-6-8-17(9-7-11)10-14-12(2)4-5-13(3)15(14)16(17)18;3*1-2/h4-5,11H,6-10H2,1-3H3;3*1-2H3. The van der Waals surface area contributed by atoms with E-state index >= 15 is 0 Å². The Hall–Kier alpha value is -1.11. The molecule has 0 N–H and O–H groups in total. The predicted molar refractivity (Wildman–Crippen MR) is 108 cm³/mol. The van der Waals surface area contributed by atoms with Gasteiger partial charge in [0.25, 0.3) is 0 Å². The Labute approximate surface area is 151 Å². The average Bonchev–Trinajstić information content (AvgIpc) is 2.93. The van der Waals surface area contributed by atoms with Crippen molar-refractivity contribution < 1.29 is 4.79 Å². The van der Waals surface area contributed by atoms with Crippen molar-refractivity contribution in [3.05, 3.63) is 34.4 Å². The fraction of sp³-hybridized carbons (Fsp3) is 0.696. The molecular formula is C23H40O. The summed E-state index contributed by atoms with van der Waals surface area (Å²) in [5.74, 6) is 1.25. The number of hydrogen-bond acceptors (Lipinski definition) is 1. The first-order chi connectivity index (χ1) is 11.5. The van der Waals surface area contributed by atoms with E-state index in [0.29, 0.717) is 5.78 Å². The molecule has 2 aliphatic carbocycles. The number of Topliss-reactive ketones (excluding diaryl/α,β-unsaturated/α-hetero) is 1. The third-order valence-corrected chi connectivity index (χ3v) is 5.21. The minimum Gasteiger partial charge on any atom is -0.294 e. The Morgan fingerprint density at radius 3 is 1.79 bits per heavy atom. The molecule has 0 bridgehead atoms. The largest absolute Gasteiger partial charge is 0.294 e. The van der Waals surface area contributed by atoms with Crippen LogP contribution in [0.1, 0.15) is 101 Å². The molecule has 1 fully saturated rings. The highest BCUT2D eigenvalue weighted by atomic mass is 16.1. The molecule has 3 rings (SSSR count). The number of benzene rings is 1. The van der Waals surface area contributed by atoms with Gasteiger partial charge in [0.15, 0.2) is 5.78 Å². The molecule has 138 valence electrons. The number of aryl methyl sites for hydroxylation is 2. The Balaban J connectivity index is 0.000000798. The number of carbonyl (C=O) groups is 1. The molecule has 1 aromatic rings. The van der Waals surface area contributed by atoms with Crippen molar-refractivity contribution in [2.24, 2.45) is 11.3 Å². The summed E-state index contributed by atoms with van der Waals surface area (Å²) in [6.07, 6.45) is 5.64. The van der Waals surface area contributed by atoms with Crippen molar-refractivity contribution >= 4 is 5.78 Å². The van der Waals surface area contributed by atoms with E-state index in [1.807, 2.05) is 41.5 Å². The first-order valence-corrected chi connectivity index (χ1v) is 10.2. The van der Waals surface area contributed by atoms with E-state index in [-0.39, 0.29) is 5.41 Å². The van der Waals surface area contributed by atoms with Gasteiger partial charge in [-0.05, 0) is 68.6 Å². The minimum absolute atomic E-state index is 0.0360. The molecule has 1 heteroatoms. The van der Waals surface area contributed by atoms with Crippen LogP contribution < -0.4 is 0 Å². The van der Waals surface area contributed by atoms with Crippen molar-refractivity contribution in [2.45, 2.75) is 94.4 Å². The summed E-state index contributed by atoms with van der Waals surface area (Å²) in [6.45, 7) is 18.5. The fourth-order valence-electron chi connectivity index (χ4n) is 3.82. The smallest absolute Gasteiger partial charge is 0.169 e. The SMILES string of the molecule is CC.CC.CC.Cc1ccc(C)c2c1CC1(CCC(C)CC1)C2=O. The van der Waals surface area contributed by atoms with Gasteiger partial charge in [0.1, 0.15) is 0 Å². The number of hydrogen-bond donors (Lipinski definition) is 0. The van der Waals surface area contributed by atoms with Gasteiger partial charge in [-0.25, -0.2) is 0 Å². The first-order valence-electron chi connectivity index (χ1n) is 10.2. The van der Waals surface area contributed by atoms with E-state index < -0.39 is 0 Å². The van der Waals surface area contributed by atoms with Crippen LogP contribution in [0.4, 0.5) is 0 Å². The van der Waals surface area contributed by atoms with Crippen LogP contribution in [-0.2, 0) is 6.42 Å². The van der Waals surface area contributed by atoms with Gasteiger partial charge >= 0.3 is 0 Å². The van der Waals surface area contributed by atoms with Crippen molar-refractivity contribution in [3.8, 4) is 0 Å². The molecule has 0 radical (unpaired) electrons. The molecule has 0 saturated heterocycles. The van der Waals surface area contributed by atoms with Crippen LogP contribution in [0.25, 0.3) is 0 Å². The Morgan fingerprint density at radius 2 is 1.33 bits per heavy atom. The lowest BCUT2D eigenvalue weighted by molar-refractivity contribution is 0.0713. The van der Waals surface area contributed by atoms with Crippen LogP contribution >= 0.6 is 0 Å². The average molecular weight is 333 g/mol. The zero-order chi connectivity index (χ0) is 18.9. The number of ketones is 1. The van der Waals surface area contributed by atoms with Crippen molar-refractivity contribution in [1.82, 2.24) is 0 Å². The van der Waals surface area contributed by atoms with Crippen molar-refractivity contribution in [1.29, 1.82) is 0 Å². The second kappa shape index (κ2) is 10.7. The minimum atomic E-state index is -0.0360. The maximum atomic E-state index is 12.9. The molecule has 1 spiro atoms. The summed E-state index contributed by atoms with van der Waals surface area (Å²) < 4.78 is 0. The third kappa shape index (κ3) is 4.49. The van der Waals surface area contributed by atoms with Gasteiger partial charge in [0, 0.05) is 11.0 Å². The van der Waals surface area contributed by atoms with E-state index in [1.165, 1.54) is 29.5 Å². The molecule has 0 heterocycles. The maximum absolute atomic E-state index is 12.9. The van der Waals surface area contributed by atoms with Gasteiger partial charge in [0.05, 0.1) is 0 Å². The Morgan fingerprint density at radius 1 is 0.875 bits per heavy atom. The number of carbonyl (C=O) groups excluding carboxylic acids is 1. The summed E-state index contributed by atoms with van der Waals surface area (Å²) in [5, 5.41) is 0. The zero-order valence-electron chi connectivity index (χ0n) is 17.7. The van der Waals surface area contributed by atoms with Crippen LogP contribution in [0.3, 0.4) is 0 Å². The van der Waals surface area contributed by atoms with Gasteiger partial charge in [-0.15, -0.1) is 0 Å². The van der Waals surface area contributed by atoms with Crippen LogP contribution in [0, 0.1) is 25.2 Å². The lowest BCUT2D eigenvalue weighted by Gasteiger charge is -2.34. The van der Waals surface area contributed by atoms with Crippen molar-refractivity contribution in [2.75, 3.05) is 0 Å². The lowest BCUT2D eigenvalue weighted by atomic mass is 9.68. The molecule has 2 aliphatic rings. The summed E-state index contributed by atoms with van der Waals surface area (Å²) in [4.78, 5) is 12.9. The molecule has 1 nitrogen and oxygen atoms in total. The van der Waals surface area contributed by atoms with Gasteiger partial charge in [-0.1, -0.05) is 60.6 Å². The van der Waals surface area contributed by atoms with Gasteiger partial charge in [-0.2, -0.15) is 0 Å². The van der Waals surface area contributed by atoms with E-state index in [1.54, 1.807) is 0 Å². The summed E-state index contributed by atoms with van der Waals surface area (Å²) in [6, 6.07) is 4.28. The van der Waals surface area contributed by atoms with Crippen LogP contribution in [0.2, 0.25) is 0 Å². The quantitative estimate of drug-likeness (QED) is 0.486. The molecular weight excluding hydrogens is 292 g/mol. The molecule has 1 saturated carbocycles. The number of rotatable bonds is 0. The van der Waals surface area contributed by atoms with E-state index in [0.717, 1.165) is 30.7 Å². The van der Waals surface area contributed by atoms with E-state index in [4.69, 9.17) is 0 Å². The zero-order valence-corrected chi connectivity index (χ0v) is 17.7. The summed E-state index contributed by atoms with van der Waals surface area (Å²) >= 11 is 0. The van der Waals surface area contributed by atoms with Gasteiger partial charge < -0.3 is 0 Å². The Kier molecular flexibility index (Phi) is 10.2. The molecule has 0 unspecified atom stereocenters. The number of fused-ring (bicyclic) bond motifs is 1. The summed E-state index contributed by atoms with van der Waals surface area (Å²) in [5.41, 5.74) is 4.85. The summed E-state index contributed by atoms with van der Waals surface area (Å²) in [7, 11) is 0. The molecule has 1 aromatic carbocycles. The molecule has 24 heavy (non-hydrogen) atoms. The van der Waals surface area contributed by atoms with Crippen LogP contribution in [0.15, 0.2) is 12.1 Å². The van der Waals surface area contributed by atoms with E-state index in [2.05, 4.69) is 32.9 Å². The topological polar surface area (TPSA) is 17.1 Å². The van der Waals surface area contributed by atoms with Crippen molar-refractivity contribution in [3.63, 3.8) is 0 Å². The van der Waals surface area contributed by atoms with Gasteiger partial charge in [0.2, 0.25) is 0 Å². The molecule has 0 aromatic heterocycles. The Bertz CT molecular complexity index is 505. The second-order valence-corrected chi connectivity index (χ2v) is 6.52. The maximum Gasteiger partial charge on any atom is 0.169 e. The van der Waals surface area contributed by atoms with Crippen LogP contribution in [0.5, 0.6) is 0 Å². The predicted octanol–water partition coefficient (Wildman–Crippen LogP) is 7.32. The lowest BCUT2D eigenvalue weighted by Crippen LogP contribution is -2.32. The third-order valence-electron chi connectivity index (χ3n) is 5.21. The highest BCUT2D eigenvalue weighted by Crippen LogP contribution is 2.49. The molecule has 0 atom stereocenters. The molecule has 0 amide bonds. The first kappa shape index (κ1) is 22.9. The second-order valence-electron chi connectivity index (χ2n) is 6.52. The normalized spacial score (nSPS) is 23.9. The van der Waals surface area contributed by atoms with Crippen LogP contribution in [-0.4, -0.2) is 5.78 Å². The fourth-order valence-corrected chi connectivity index (χ4v) is 3.82. The monoisotopic (exact) mass is 332 g/mol. The molecule has 0 aliphatic heterocycles. The van der Waals surface area contributed by atoms with E-state index in [9.17, 15) is 4.79 Å². The highest BCUT2D eigenvalue weighted by molar-refractivity contribution is 6.06. The van der Waals surface area contributed by atoms with Gasteiger partial charge in [-0.3, -0.25) is 4.79 Å².